The minimum Gasteiger partial charge on any atom is -0.338 e. The number of thiol groups is 1. The van der Waals surface area contributed by atoms with Crippen LogP contribution in [0.2, 0.25) is 10.0 Å². The molecule has 2 nitrogen and oxygen atoms in total. The number of unbranched alkanes of at least 4 members (excludes halogenated alkanes) is 12. The molecule has 0 heterocycles. The standard InChI is InChI=1S/2C9H19.C6H5.H3O2PS2.Zn/c2*1-3-5-7-9-8-6-4-2;1-2-4-6-5-3-1;1-3(2,4)5;/h2*1,3-9H2,2H3;1-5H;(H3,1,2,4,5);. The molecule has 30 heavy (non-hydrogen) atoms. The number of rotatable bonds is 17. The van der Waals surface area contributed by atoms with Gasteiger partial charge in [0.05, 0.1) is 0 Å². The van der Waals surface area contributed by atoms with E-state index in [2.05, 4.69) is 68.2 Å². The van der Waals surface area contributed by atoms with E-state index in [4.69, 9.17) is 9.79 Å². The van der Waals surface area contributed by atoms with Gasteiger partial charge in [-0.3, -0.25) is 0 Å². The molecule has 2 N–H and O–H groups in total. The molecular formula is C24H46O2PS2Zn. The maximum Gasteiger partial charge on any atom is 0.239 e. The third kappa shape index (κ3) is 23.4. The van der Waals surface area contributed by atoms with Crippen LogP contribution in [0.25, 0.3) is 0 Å². The van der Waals surface area contributed by atoms with E-state index in [9.17, 15) is 0 Å². The molecule has 1 rings (SSSR count). The zero-order chi connectivity index (χ0) is 22.5. The zero-order valence-electron chi connectivity index (χ0n) is 19.6. The Kier molecular flexibility index (Phi) is 22.2. The minimum atomic E-state index is -3.11. The Labute approximate surface area is 202 Å². The van der Waals surface area contributed by atoms with Gasteiger partial charge < -0.3 is 9.79 Å². The van der Waals surface area contributed by atoms with Gasteiger partial charge in [0.25, 0.3) is 0 Å². The summed E-state index contributed by atoms with van der Waals surface area (Å²) in [5, 5.41) is 3.21. The Balaban J connectivity index is 0.00000150. The number of hydrogen-bond acceptors (Lipinski definition) is 1. The summed E-state index contributed by atoms with van der Waals surface area (Å²) in [5.74, 6) is 0. The summed E-state index contributed by atoms with van der Waals surface area (Å²) in [4.78, 5) is 15.7. The predicted molar refractivity (Wildman–Crippen MR) is 139 cm³/mol. The molecule has 0 aromatic heterocycles. The second kappa shape index (κ2) is 21.6. The van der Waals surface area contributed by atoms with E-state index in [1.54, 1.807) is 14.2 Å². The number of hydrogen-bond donors (Lipinski definition) is 3. The fourth-order valence-electron chi connectivity index (χ4n) is 4.27. The van der Waals surface area contributed by atoms with Gasteiger partial charge in [-0.2, -0.15) is 0 Å². The molecule has 0 aliphatic carbocycles. The molecule has 0 radical (unpaired) electrons. The van der Waals surface area contributed by atoms with Gasteiger partial charge in [-0.1, -0.05) is 12.2 Å². The van der Waals surface area contributed by atoms with E-state index < -0.39 is 21.6 Å². The molecule has 1 aromatic carbocycles. The molecule has 0 bridgehead atoms. The van der Waals surface area contributed by atoms with Gasteiger partial charge in [0.2, 0.25) is 5.69 Å². The third-order valence-corrected chi connectivity index (χ3v) is 15.1. The van der Waals surface area contributed by atoms with Crippen molar-refractivity contribution in [2.24, 2.45) is 0 Å². The van der Waals surface area contributed by atoms with Crippen molar-refractivity contribution in [1.29, 1.82) is 0 Å². The van der Waals surface area contributed by atoms with Crippen LogP contribution in [0, 0.1) is 0 Å². The van der Waals surface area contributed by atoms with Crippen LogP contribution < -0.4 is 4.16 Å². The van der Waals surface area contributed by atoms with Gasteiger partial charge in [0, 0.05) is 0 Å². The Morgan fingerprint density at radius 2 is 1.03 bits per heavy atom. The van der Waals surface area contributed by atoms with E-state index in [0.29, 0.717) is 0 Å². The quantitative estimate of drug-likeness (QED) is 0.0825. The topological polar surface area (TPSA) is 40.5 Å². The van der Waals surface area contributed by atoms with Gasteiger partial charge in [0.1, 0.15) is 0 Å². The van der Waals surface area contributed by atoms with E-state index in [1.165, 1.54) is 89.9 Å². The largest absolute Gasteiger partial charge is 0.338 e. The first kappa shape index (κ1) is 30.8. The average molecular weight is 527 g/mol. The molecular weight excluding hydrogens is 481 g/mol. The van der Waals surface area contributed by atoms with E-state index in [0.717, 1.165) is 0 Å². The Morgan fingerprint density at radius 1 is 0.700 bits per heavy atom. The zero-order valence-corrected chi connectivity index (χ0v) is 25.2. The maximum absolute atomic E-state index is 7.87. The van der Waals surface area contributed by atoms with Crippen molar-refractivity contribution in [1.82, 2.24) is 0 Å². The van der Waals surface area contributed by atoms with Crippen molar-refractivity contribution < 1.29 is 25.7 Å². The normalized spacial score (nSPS) is 11.1. The molecule has 0 amide bonds. The molecule has 0 fully saturated rings. The SMILES string of the molecule is CCCCCCCC[CH2][Zn]([CH2]CCCCCCCC)[c]1ccccc1.OP(O)(=S)S. The van der Waals surface area contributed by atoms with Crippen LogP contribution in [0.3, 0.4) is 0 Å². The number of benzene rings is 1. The minimum absolute atomic E-state index is 1.37. The summed E-state index contributed by atoms with van der Waals surface area (Å²) in [6, 6.07) is 11.6. The Bertz CT molecular complexity index is 499. The Hall–Kier alpha value is 0.763. The first-order chi connectivity index (χ1) is 14.4. The summed E-state index contributed by atoms with van der Waals surface area (Å²) in [6.45, 7) is 4.62. The van der Waals surface area contributed by atoms with Gasteiger partial charge in [-0.25, -0.2) is 0 Å². The van der Waals surface area contributed by atoms with Crippen molar-refractivity contribution >= 4 is 33.9 Å². The smallest absolute Gasteiger partial charge is 0.239 e. The second-order valence-corrected chi connectivity index (χ2v) is 22.1. The van der Waals surface area contributed by atoms with Gasteiger partial charge in [-0.05, 0) is 11.8 Å². The summed E-state index contributed by atoms with van der Waals surface area (Å²) in [6.07, 6.45) is 20.4. The van der Waals surface area contributed by atoms with E-state index in [1.807, 2.05) is 0 Å². The summed E-state index contributed by atoms with van der Waals surface area (Å²) < 4.78 is 1.79. The van der Waals surface area contributed by atoms with E-state index >= 15 is 0 Å². The molecule has 6 heteroatoms. The van der Waals surface area contributed by atoms with Gasteiger partial charge in [0.15, 0.2) is 0 Å². The predicted octanol–water partition coefficient (Wildman–Crippen LogP) is 8.39. The van der Waals surface area contributed by atoms with Gasteiger partial charge >= 0.3 is 164 Å². The van der Waals surface area contributed by atoms with Crippen LogP contribution in [-0.2, 0) is 27.8 Å². The van der Waals surface area contributed by atoms with Crippen molar-refractivity contribution in [3.63, 3.8) is 0 Å². The van der Waals surface area contributed by atoms with Crippen molar-refractivity contribution in [3.05, 3.63) is 30.3 Å². The molecule has 0 atom stereocenters. The molecule has 0 saturated carbocycles. The van der Waals surface area contributed by atoms with Gasteiger partial charge in [-0.15, -0.1) is 0 Å². The first-order valence-corrected chi connectivity index (χ1v) is 22.0. The summed E-state index contributed by atoms with van der Waals surface area (Å²) in [5.41, 5.74) is -3.11. The Morgan fingerprint density at radius 3 is 1.40 bits per heavy atom. The first-order valence-electron chi connectivity index (χ1n) is 12.5. The molecule has 0 aliphatic heterocycles. The molecule has 0 saturated heterocycles. The molecule has 173 valence electrons. The van der Waals surface area contributed by atoms with Crippen molar-refractivity contribution in [2.45, 2.75) is 114 Å². The van der Waals surface area contributed by atoms with Crippen LogP contribution in [-0.4, -0.2) is 9.79 Å². The second-order valence-electron chi connectivity index (χ2n) is 8.80. The maximum atomic E-state index is 7.87. The summed E-state index contributed by atoms with van der Waals surface area (Å²) in [7, 11) is 0. The van der Waals surface area contributed by atoms with Crippen molar-refractivity contribution in [3.8, 4) is 0 Å². The average Bonchev–Trinajstić information content (AvgIpc) is 2.70. The van der Waals surface area contributed by atoms with Crippen molar-refractivity contribution in [2.75, 3.05) is 0 Å². The molecule has 0 unspecified atom stereocenters. The third-order valence-electron chi connectivity index (χ3n) is 5.98. The van der Waals surface area contributed by atoms with E-state index in [-0.39, 0.29) is 0 Å². The fraction of sp³-hybridized carbons (Fsp3) is 0.750. The van der Waals surface area contributed by atoms with Crippen LogP contribution in [0.5, 0.6) is 0 Å². The fourth-order valence-corrected chi connectivity index (χ4v) is 12.7. The van der Waals surface area contributed by atoms with Crippen LogP contribution in [0.15, 0.2) is 30.3 Å². The molecule has 0 aliphatic rings. The van der Waals surface area contributed by atoms with Crippen LogP contribution >= 0.6 is 17.9 Å². The molecule has 0 spiro atoms. The van der Waals surface area contributed by atoms with Crippen LogP contribution in [0.4, 0.5) is 0 Å². The molecule has 1 aromatic rings. The van der Waals surface area contributed by atoms with Crippen LogP contribution in [0.1, 0.15) is 104 Å². The monoisotopic (exact) mass is 525 g/mol. The summed E-state index contributed by atoms with van der Waals surface area (Å²) >= 11 is 5.59.